The summed E-state index contributed by atoms with van der Waals surface area (Å²) in [5, 5.41) is 4.94. The molecule has 0 saturated heterocycles. The largest absolute Gasteiger partial charge is 0.330 e. The number of benzene rings is 2. The van der Waals surface area contributed by atoms with Gasteiger partial charge in [-0.1, -0.05) is 48.0 Å². The number of halogens is 1. The first-order valence-electron chi connectivity index (χ1n) is 9.76. The number of carbonyl (C=O) groups excluding carboxylic acids is 1. The van der Waals surface area contributed by atoms with E-state index in [4.69, 9.17) is 11.6 Å². The first kappa shape index (κ1) is 18.6. The molecule has 2 aromatic heterocycles. The second-order valence-electron chi connectivity index (χ2n) is 7.39. The fourth-order valence-electron chi connectivity index (χ4n) is 3.82. The molecule has 0 unspecified atom stereocenters. The normalized spacial score (nSPS) is 13.0. The number of aromatic nitrogens is 3. The van der Waals surface area contributed by atoms with Gasteiger partial charge in [0.15, 0.2) is 0 Å². The predicted molar refractivity (Wildman–Crippen MR) is 116 cm³/mol. The van der Waals surface area contributed by atoms with E-state index in [0.717, 1.165) is 27.9 Å². The van der Waals surface area contributed by atoms with Gasteiger partial charge in [-0.05, 0) is 41.0 Å². The lowest BCUT2D eigenvalue weighted by Gasteiger charge is -2.15. The molecule has 4 aromatic rings. The van der Waals surface area contributed by atoms with Crippen LogP contribution < -0.4 is 0 Å². The molecule has 6 heteroatoms. The molecule has 0 spiro atoms. The number of pyridine rings is 1. The maximum atomic E-state index is 12.9. The molecule has 30 heavy (non-hydrogen) atoms. The Morgan fingerprint density at radius 2 is 1.80 bits per heavy atom. The molecule has 0 saturated carbocycles. The lowest BCUT2D eigenvalue weighted by Crippen LogP contribution is -2.23. The summed E-state index contributed by atoms with van der Waals surface area (Å²) < 4.78 is 1.85. The van der Waals surface area contributed by atoms with Gasteiger partial charge in [0.25, 0.3) is 5.91 Å². The molecule has 1 amide bonds. The Hall–Kier alpha value is -3.44. The Balaban J connectivity index is 1.39. The van der Waals surface area contributed by atoms with Gasteiger partial charge in [0.05, 0.1) is 29.0 Å². The molecule has 1 aliphatic heterocycles. The molecule has 1 aliphatic rings. The summed E-state index contributed by atoms with van der Waals surface area (Å²) in [6.07, 6.45) is 5.57. The minimum absolute atomic E-state index is 0.0174. The van der Waals surface area contributed by atoms with Crippen LogP contribution in [0.5, 0.6) is 0 Å². The fraction of sp³-hybridized carbons (Fsp3) is 0.125. The molecule has 0 aliphatic carbocycles. The van der Waals surface area contributed by atoms with E-state index in [1.165, 1.54) is 0 Å². The highest BCUT2D eigenvalue weighted by atomic mass is 35.5. The van der Waals surface area contributed by atoms with Gasteiger partial charge in [0.1, 0.15) is 0 Å². The van der Waals surface area contributed by atoms with Crippen molar-refractivity contribution in [2.24, 2.45) is 0 Å². The molecular formula is C24H19ClN4O. The van der Waals surface area contributed by atoms with Gasteiger partial charge >= 0.3 is 0 Å². The van der Waals surface area contributed by atoms with Crippen LogP contribution in [0.25, 0.3) is 11.1 Å². The minimum Gasteiger partial charge on any atom is -0.330 e. The third kappa shape index (κ3) is 3.60. The van der Waals surface area contributed by atoms with Gasteiger partial charge < -0.3 is 4.90 Å². The van der Waals surface area contributed by atoms with Crippen LogP contribution in [0.4, 0.5) is 0 Å². The van der Waals surface area contributed by atoms with Crippen LogP contribution in [-0.4, -0.2) is 25.6 Å². The molecule has 148 valence electrons. The van der Waals surface area contributed by atoms with E-state index in [0.29, 0.717) is 30.2 Å². The van der Waals surface area contributed by atoms with Crippen LogP contribution >= 0.6 is 11.6 Å². The Morgan fingerprint density at radius 3 is 2.60 bits per heavy atom. The van der Waals surface area contributed by atoms with E-state index in [1.807, 2.05) is 82.6 Å². The van der Waals surface area contributed by atoms with E-state index >= 15 is 0 Å². The van der Waals surface area contributed by atoms with Crippen molar-refractivity contribution in [2.75, 3.05) is 0 Å². The standard InChI is InChI=1S/C24H19ClN4O/c25-22-11-18(20-12-27-29(15-20)16-21-8-4-5-9-26-21)10-19-14-28(24(30)23(19)22)13-17-6-2-1-3-7-17/h1-12,15H,13-14,16H2. The number of hydrogen-bond donors (Lipinski definition) is 0. The van der Waals surface area contributed by atoms with Crippen LogP contribution in [0.15, 0.2) is 79.3 Å². The SMILES string of the molecule is O=C1c2c(Cl)cc(-c3cnn(Cc4ccccn4)c3)cc2CN1Cc1ccccc1. The molecule has 0 atom stereocenters. The second-order valence-corrected chi connectivity index (χ2v) is 7.79. The highest BCUT2D eigenvalue weighted by Crippen LogP contribution is 2.35. The summed E-state index contributed by atoms with van der Waals surface area (Å²) in [6, 6.07) is 19.7. The summed E-state index contributed by atoms with van der Waals surface area (Å²) in [4.78, 5) is 19.1. The fourth-order valence-corrected chi connectivity index (χ4v) is 4.14. The molecule has 5 rings (SSSR count). The first-order valence-corrected chi connectivity index (χ1v) is 10.1. The summed E-state index contributed by atoms with van der Waals surface area (Å²) in [7, 11) is 0. The van der Waals surface area contributed by atoms with Gasteiger partial charge in [0, 0.05) is 31.0 Å². The third-order valence-electron chi connectivity index (χ3n) is 5.27. The number of carbonyl (C=O) groups is 1. The number of amides is 1. The molecule has 0 fully saturated rings. The van der Waals surface area contributed by atoms with Crippen LogP contribution in [0.1, 0.15) is 27.2 Å². The van der Waals surface area contributed by atoms with Crippen molar-refractivity contribution in [3.8, 4) is 11.1 Å². The zero-order valence-electron chi connectivity index (χ0n) is 16.2. The Labute approximate surface area is 179 Å². The third-order valence-corrected chi connectivity index (χ3v) is 5.57. The average Bonchev–Trinajstić information content (AvgIpc) is 3.34. The average molecular weight is 415 g/mol. The predicted octanol–water partition coefficient (Wildman–Crippen LogP) is 4.80. The highest BCUT2D eigenvalue weighted by molar-refractivity contribution is 6.34. The molecule has 3 heterocycles. The smallest absolute Gasteiger partial charge is 0.256 e. The van der Waals surface area contributed by atoms with Crippen LogP contribution in [0.3, 0.4) is 0 Å². The Morgan fingerprint density at radius 1 is 0.967 bits per heavy atom. The lowest BCUT2D eigenvalue weighted by atomic mass is 10.0. The van der Waals surface area contributed by atoms with Crippen molar-refractivity contribution < 1.29 is 4.79 Å². The molecular weight excluding hydrogens is 396 g/mol. The maximum Gasteiger partial charge on any atom is 0.256 e. The van der Waals surface area contributed by atoms with Gasteiger partial charge in [-0.3, -0.25) is 14.5 Å². The van der Waals surface area contributed by atoms with E-state index < -0.39 is 0 Å². The molecule has 2 aromatic carbocycles. The van der Waals surface area contributed by atoms with Crippen molar-refractivity contribution in [2.45, 2.75) is 19.6 Å². The number of nitrogens with zero attached hydrogens (tertiary/aromatic N) is 4. The van der Waals surface area contributed by atoms with E-state index in [2.05, 4.69) is 10.1 Å². The molecule has 0 N–H and O–H groups in total. The first-order chi connectivity index (χ1) is 14.7. The van der Waals surface area contributed by atoms with E-state index in [-0.39, 0.29) is 5.91 Å². The summed E-state index contributed by atoms with van der Waals surface area (Å²) in [5.41, 5.74) is 5.53. The second kappa shape index (κ2) is 7.76. The van der Waals surface area contributed by atoms with Crippen LogP contribution in [0.2, 0.25) is 5.02 Å². The van der Waals surface area contributed by atoms with Gasteiger partial charge in [-0.15, -0.1) is 0 Å². The number of hydrogen-bond acceptors (Lipinski definition) is 3. The maximum absolute atomic E-state index is 12.9. The summed E-state index contributed by atoms with van der Waals surface area (Å²) in [5.74, 6) is -0.0174. The summed E-state index contributed by atoms with van der Waals surface area (Å²) in [6.45, 7) is 1.73. The monoisotopic (exact) mass is 414 g/mol. The van der Waals surface area contributed by atoms with Crippen molar-refractivity contribution in [1.29, 1.82) is 0 Å². The van der Waals surface area contributed by atoms with Crippen molar-refractivity contribution in [1.82, 2.24) is 19.7 Å². The Kier molecular flexibility index (Phi) is 4.81. The quantitative estimate of drug-likeness (QED) is 0.471. The summed E-state index contributed by atoms with van der Waals surface area (Å²) >= 11 is 6.54. The van der Waals surface area contributed by atoms with E-state index in [9.17, 15) is 4.79 Å². The van der Waals surface area contributed by atoms with Crippen LogP contribution in [0, 0.1) is 0 Å². The zero-order valence-corrected chi connectivity index (χ0v) is 17.0. The topological polar surface area (TPSA) is 51.0 Å². The molecule has 0 radical (unpaired) electrons. The van der Waals surface area contributed by atoms with Crippen LogP contribution in [-0.2, 0) is 19.6 Å². The molecule has 5 nitrogen and oxygen atoms in total. The minimum atomic E-state index is -0.0174. The van der Waals surface area contributed by atoms with E-state index in [1.54, 1.807) is 6.20 Å². The zero-order chi connectivity index (χ0) is 20.5. The Bertz CT molecular complexity index is 1200. The van der Waals surface area contributed by atoms with Crippen molar-refractivity contribution >= 4 is 17.5 Å². The number of fused-ring (bicyclic) bond motifs is 1. The van der Waals surface area contributed by atoms with Gasteiger partial charge in [-0.25, -0.2) is 0 Å². The molecule has 0 bridgehead atoms. The highest BCUT2D eigenvalue weighted by Gasteiger charge is 2.30. The lowest BCUT2D eigenvalue weighted by molar-refractivity contribution is 0.0767. The van der Waals surface area contributed by atoms with Gasteiger partial charge in [-0.2, -0.15) is 5.10 Å². The van der Waals surface area contributed by atoms with Crippen molar-refractivity contribution in [3.63, 3.8) is 0 Å². The van der Waals surface area contributed by atoms with Crippen molar-refractivity contribution in [3.05, 3.63) is 107 Å². The number of rotatable bonds is 5. The van der Waals surface area contributed by atoms with Gasteiger partial charge in [0.2, 0.25) is 0 Å².